The molecule has 6 heteroatoms. The summed E-state index contributed by atoms with van der Waals surface area (Å²) in [6.07, 6.45) is -0.107. The third-order valence-electron chi connectivity index (χ3n) is 3.52. The van der Waals surface area contributed by atoms with Crippen LogP contribution in [0, 0.1) is 11.3 Å². The fourth-order valence-corrected chi connectivity index (χ4v) is 3.15. The fourth-order valence-electron chi connectivity index (χ4n) is 2.46. The summed E-state index contributed by atoms with van der Waals surface area (Å²) in [6.45, 7) is 1.07. The van der Waals surface area contributed by atoms with Gasteiger partial charge in [0.15, 0.2) is 5.75 Å². The molecule has 1 atom stereocenters. The Hall–Kier alpha value is -1.93. The minimum absolute atomic E-state index is 0.107. The van der Waals surface area contributed by atoms with E-state index in [2.05, 4.69) is 5.32 Å². The molecule has 4 nitrogen and oxygen atoms in total. The lowest BCUT2D eigenvalue weighted by Crippen LogP contribution is -2.37. The SMILES string of the molecule is N#Cc1cc(Cl)c(-c2cccc3c2OC(CN)CN3)c(Cl)c1. The van der Waals surface area contributed by atoms with Gasteiger partial charge in [0.1, 0.15) is 6.10 Å². The Bertz CT molecular complexity index is 747. The van der Waals surface area contributed by atoms with E-state index < -0.39 is 0 Å². The van der Waals surface area contributed by atoms with Gasteiger partial charge in [0.05, 0.1) is 33.9 Å². The molecule has 0 saturated carbocycles. The first-order valence-electron chi connectivity index (χ1n) is 6.77. The number of hydrogen-bond acceptors (Lipinski definition) is 4. The molecule has 3 rings (SSSR count). The van der Waals surface area contributed by atoms with E-state index in [4.69, 9.17) is 38.9 Å². The van der Waals surface area contributed by atoms with E-state index in [-0.39, 0.29) is 6.10 Å². The number of nitrogens with two attached hydrogens (primary N) is 1. The van der Waals surface area contributed by atoms with E-state index in [9.17, 15) is 0 Å². The minimum Gasteiger partial charge on any atom is -0.484 e. The lowest BCUT2D eigenvalue weighted by Gasteiger charge is -2.28. The van der Waals surface area contributed by atoms with Gasteiger partial charge in [-0.05, 0) is 18.2 Å². The van der Waals surface area contributed by atoms with Crippen LogP contribution in [-0.4, -0.2) is 19.2 Å². The minimum atomic E-state index is -0.107. The zero-order valence-corrected chi connectivity index (χ0v) is 13.1. The summed E-state index contributed by atoms with van der Waals surface area (Å²) < 4.78 is 5.96. The summed E-state index contributed by atoms with van der Waals surface area (Å²) in [5, 5.41) is 13.1. The first kappa shape index (κ1) is 15.0. The molecule has 1 aliphatic rings. The van der Waals surface area contributed by atoms with Gasteiger partial charge in [0.25, 0.3) is 0 Å². The summed E-state index contributed by atoms with van der Waals surface area (Å²) >= 11 is 12.6. The number of fused-ring (bicyclic) bond motifs is 1. The molecule has 112 valence electrons. The van der Waals surface area contributed by atoms with Crippen molar-refractivity contribution < 1.29 is 4.74 Å². The van der Waals surface area contributed by atoms with Gasteiger partial charge in [-0.25, -0.2) is 0 Å². The third-order valence-corrected chi connectivity index (χ3v) is 4.12. The summed E-state index contributed by atoms with van der Waals surface area (Å²) in [5.74, 6) is 0.678. The zero-order valence-electron chi connectivity index (χ0n) is 11.6. The van der Waals surface area contributed by atoms with Crippen LogP contribution in [0.1, 0.15) is 5.56 Å². The summed E-state index contributed by atoms with van der Waals surface area (Å²) in [5.41, 5.74) is 8.42. The van der Waals surface area contributed by atoms with Gasteiger partial charge in [-0.3, -0.25) is 0 Å². The maximum absolute atomic E-state index is 8.99. The first-order valence-corrected chi connectivity index (χ1v) is 7.52. The molecular formula is C16H13Cl2N3O. The molecule has 2 aromatic rings. The van der Waals surface area contributed by atoms with Crippen molar-refractivity contribution in [2.24, 2.45) is 5.73 Å². The molecule has 1 unspecified atom stereocenters. The summed E-state index contributed by atoms with van der Waals surface area (Å²) in [4.78, 5) is 0. The predicted octanol–water partition coefficient (Wildman–Crippen LogP) is 3.66. The van der Waals surface area contributed by atoms with Gasteiger partial charge in [0.2, 0.25) is 0 Å². The third kappa shape index (κ3) is 2.59. The van der Waals surface area contributed by atoms with Crippen LogP contribution in [0.15, 0.2) is 30.3 Å². The van der Waals surface area contributed by atoms with Crippen LogP contribution in [0.5, 0.6) is 5.75 Å². The van der Waals surface area contributed by atoms with Crippen molar-refractivity contribution in [1.29, 1.82) is 5.26 Å². The van der Waals surface area contributed by atoms with E-state index in [1.54, 1.807) is 12.1 Å². The highest BCUT2D eigenvalue weighted by Gasteiger charge is 2.23. The van der Waals surface area contributed by atoms with Crippen LogP contribution in [0.4, 0.5) is 5.69 Å². The van der Waals surface area contributed by atoms with Gasteiger partial charge >= 0.3 is 0 Å². The Kier molecular flexibility index (Phi) is 4.12. The van der Waals surface area contributed by atoms with Crippen LogP contribution in [0.3, 0.4) is 0 Å². The van der Waals surface area contributed by atoms with Crippen molar-refractivity contribution >= 4 is 28.9 Å². The van der Waals surface area contributed by atoms with Crippen molar-refractivity contribution in [2.75, 3.05) is 18.4 Å². The molecule has 0 radical (unpaired) electrons. The molecule has 2 aromatic carbocycles. The Balaban J connectivity index is 2.17. The Morgan fingerprint density at radius 2 is 2.05 bits per heavy atom. The smallest absolute Gasteiger partial charge is 0.150 e. The van der Waals surface area contributed by atoms with Gasteiger partial charge in [0, 0.05) is 17.7 Å². The normalized spacial score (nSPS) is 16.2. The van der Waals surface area contributed by atoms with Crippen LogP contribution in [0.25, 0.3) is 11.1 Å². The lowest BCUT2D eigenvalue weighted by atomic mass is 10.0. The van der Waals surface area contributed by atoms with Gasteiger partial charge in [-0.15, -0.1) is 0 Å². The van der Waals surface area contributed by atoms with Crippen LogP contribution >= 0.6 is 23.2 Å². The van der Waals surface area contributed by atoms with Gasteiger partial charge in [-0.1, -0.05) is 35.3 Å². The van der Waals surface area contributed by atoms with Gasteiger partial charge in [-0.2, -0.15) is 5.26 Å². The number of nitrogens with one attached hydrogen (secondary N) is 1. The van der Waals surface area contributed by atoms with E-state index >= 15 is 0 Å². The number of rotatable bonds is 2. The Morgan fingerprint density at radius 1 is 1.32 bits per heavy atom. The molecule has 1 heterocycles. The maximum Gasteiger partial charge on any atom is 0.150 e. The van der Waals surface area contributed by atoms with Crippen molar-refractivity contribution in [1.82, 2.24) is 0 Å². The predicted molar refractivity (Wildman–Crippen MR) is 88.6 cm³/mol. The van der Waals surface area contributed by atoms with Gasteiger partial charge < -0.3 is 15.8 Å². The molecule has 0 aliphatic carbocycles. The number of halogens is 2. The maximum atomic E-state index is 8.99. The number of nitrogens with zero attached hydrogens (tertiary/aromatic N) is 1. The van der Waals surface area contributed by atoms with E-state index in [0.29, 0.717) is 40.0 Å². The highest BCUT2D eigenvalue weighted by Crippen LogP contribution is 2.44. The molecular weight excluding hydrogens is 321 g/mol. The van der Waals surface area contributed by atoms with Crippen LogP contribution < -0.4 is 15.8 Å². The number of anilines is 1. The monoisotopic (exact) mass is 333 g/mol. The standard InChI is InChI=1S/C16H13Cl2N3O/c17-12-4-9(6-19)5-13(18)15(12)11-2-1-3-14-16(11)22-10(7-20)8-21-14/h1-5,10,21H,7-8,20H2. The highest BCUT2D eigenvalue weighted by atomic mass is 35.5. The van der Waals surface area contributed by atoms with Crippen molar-refractivity contribution in [2.45, 2.75) is 6.10 Å². The average molecular weight is 334 g/mol. The second-order valence-electron chi connectivity index (χ2n) is 4.97. The number of para-hydroxylation sites is 1. The molecule has 0 spiro atoms. The quantitative estimate of drug-likeness (QED) is 0.879. The molecule has 0 bridgehead atoms. The number of ether oxygens (including phenoxy) is 1. The molecule has 3 N–H and O–H groups in total. The Morgan fingerprint density at radius 3 is 2.68 bits per heavy atom. The van der Waals surface area contributed by atoms with Crippen molar-refractivity contribution in [3.63, 3.8) is 0 Å². The van der Waals surface area contributed by atoms with E-state index in [0.717, 1.165) is 11.3 Å². The second kappa shape index (κ2) is 6.05. The summed E-state index contributed by atoms with van der Waals surface area (Å²) in [7, 11) is 0. The largest absolute Gasteiger partial charge is 0.484 e. The number of nitriles is 1. The fraction of sp³-hybridized carbons (Fsp3) is 0.188. The molecule has 22 heavy (non-hydrogen) atoms. The number of benzene rings is 2. The molecule has 0 saturated heterocycles. The van der Waals surface area contributed by atoms with Crippen molar-refractivity contribution in [3.05, 3.63) is 45.9 Å². The molecule has 0 fully saturated rings. The van der Waals surface area contributed by atoms with Crippen LogP contribution in [0.2, 0.25) is 10.0 Å². The lowest BCUT2D eigenvalue weighted by molar-refractivity contribution is 0.215. The van der Waals surface area contributed by atoms with E-state index in [1.807, 2.05) is 24.3 Å². The average Bonchev–Trinajstić information content (AvgIpc) is 2.53. The topological polar surface area (TPSA) is 71.1 Å². The van der Waals surface area contributed by atoms with E-state index in [1.165, 1.54) is 0 Å². The first-order chi connectivity index (χ1) is 10.6. The summed E-state index contributed by atoms with van der Waals surface area (Å²) in [6, 6.07) is 10.9. The second-order valence-corrected chi connectivity index (χ2v) is 5.78. The molecule has 1 aliphatic heterocycles. The van der Waals surface area contributed by atoms with Crippen LogP contribution in [-0.2, 0) is 0 Å². The number of hydrogen-bond donors (Lipinski definition) is 2. The Labute approximate surface area is 138 Å². The molecule has 0 amide bonds. The van der Waals surface area contributed by atoms with Crippen molar-refractivity contribution in [3.8, 4) is 22.9 Å². The molecule has 0 aromatic heterocycles. The zero-order chi connectivity index (χ0) is 15.7. The highest BCUT2D eigenvalue weighted by molar-refractivity contribution is 6.39.